The first kappa shape index (κ1) is 33.6. The largest absolute Gasteiger partial charge is 0.452 e. The summed E-state index contributed by atoms with van der Waals surface area (Å²) in [6, 6.07) is 20.1. The molecule has 14 nitrogen and oxygen atoms in total. The van der Waals surface area contributed by atoms with Crippen molar-refractivity contribution in [2.24, 2.45) is 0 Å². The van der Waals surface area contributed by atoms with Crippen LogP contribution in [0.25, 0.3) is 22.3 Å². The summed E-state index contributed by atoms with van der Waals surface area (Å²) in [6.45, 7) is 0. The molecular weight excluding hydrogens is 684 g/mol. The Kier molecular flexibility index (Phi) is 9.48. The lowest BCUT2D eigenvalue weighted by molar-refractivity contribution is 0.0682. The van der Waals surface area contributed by atoms with E-state index in [1.165, 1.54) is 122 Å². The quantitative estimate of drug-likeness (QED) is 0.127. The van der Waals surface area contributed by atoms with Crippen LogP contribution in [0.15, 0.2) is 144 Å². The SMILES string of the molecule is O=C(Oc1ccc2c(=O)c(OC(=O)c3cccnc3)c(-c3ccc(OC(=O)c4cccnc4)c(OC(=O)c4cccnc4)c3)oc2c1)c1cccnc1. The van der Waals surface area contributed by atoms with Crippen molar-refractivity contribution in [2.75, 3.05) is 0 Å². The molecule has 258 valence electrons. The summed E-state index contributed by atoms with van der Waals surface area (Å²) >= 11 is 0. The van der Waals surface area contributed by atoms with Crippen LogP contribution >= 0.6 is 0 Å². The first-order valence-electron chi connectivity index (χ1n) is 15.6. The zero-order chi connectivity index (χ0) is 36.7. The van der Waals surface area contributed by atoms with Crippen molar-refractivity contribution >= 4 is 34.8 Å². The number of hydrogen-bond donors (Lipinski definition) is 0. The smallest absolute Gasteiger partial charge is 0.345 e. The Bertz CT molecular complexity index is 2550. The van der Waals surface area contributed by atoms with Crippen molar-refractivity contribution in [3.63, 3.8) is 0 Å². The van der Waals surface area contributed by atoms with Crippen molar-refractivity contribution in [3.8, 4) is 34.3 Å². The molecule has 0 aliphatic heterocycles. The highest BCUT2D eigenvalue weighted by Gasteiger charge is 2.25. The zero-order valence-corrected chi connectivity index (χ0v) is 27.1. The van der Waals surface area contributed by atoms with Crippen molar-refractivity contribution in [1.29, 1.82) is 0 Å². The van der Waals surface area contributed by atoms with Crippen LogP contribution in [0, 0.1) is 0 Å². The monoisotopic (exact) mass is 706 g/mol. The van der Waals surface area contributed by atoms with Crippen LogP contribution in [0.5, 0.6) is 23.0 Å². The third-order valence-corrected chi connectivity index (χ3v) is 7.43. The minimum absolute atomic E-state index is 0.0193. The number of aromatic nitrogens is 4. The van der Waals surface area contributed by atoms with E-state index in [1.54, 1.807) is 12.1 Å². The van der Waals surface area contributed by atoms with Crippen LogP contribution in [0.4, 0.5) is 0 Å². The molecule has 0 fully saturated rings. The van der Waals surface area contributed by atoms with Crippen LogP contribution in [0.3, 0.4) is 0 Å². The number of hydrogen-bond acceptors (Lipinski definition) is 14. The molecule has 0 unspecified atom stereocenters. The van der Waals surface area contributed by atoms with Gasteiger partial charge in [-0.1, -0.05) is 0 Å². The van der Waals surface area contributed by atoms with E-state index in [0.29, 0.717) is 0 Å². The molecule has 0 N–H and O–H groups in total. The van der Waals surface area contributed by atoms with Gasteiger partial charge in [0.15, 0.2) is 17.3 Å². The van der Waals surface area contributed by atoms with Gasteiger partial charge in [0, 0.05) is 61.2 Å². The number of benzene rings is 2. The average molecular weight is 707 g/mol. The van der Waals surface area contributed by atoms with Gasteiger partial charge in [0.1, 0.15) is 11.3 Å². The van der Waals surface area contributed by atoms with Crippen molar-refractivity contribution in [2.45, 2.75) is 0 Å². The maximum Gasteiger partial charge on any atom is 0.345 e. The number of carbonyl (C=O) groups is 4. The minimum atomic E-state index is -0.918. The summed E-state index contributed by atoms with van der Waals surface area (Å²) in [4.78, 5) is 81.9. The lowest BCUT2D eigenvalue weighted by atomic mass is 10.1. The molecule has 0 amide bonds. The Hall–Kier alpha value is -7.87. The molecule has 0 radical (unpaired) electrons. The van der Waals surface area contributed by atoms with Gasteiger partial charge in [-0.15, -0.1) is 0 Å². The van der Waals surface area contributed by atoms with E-state index in [-0.39, 0.29) is 61.8 Å². The maximum atomic E-state index is 14.0. The predicted octanol–water partition coefficient (Wildman–Crippen LogP) is 5.92. The first-order valence-corrected chi connectivity index (χ1v) is 15.6. The van der Waals surface area contributed by atoms with Gasteiger partial charge in [0.05, 0.1) is 27.6 Å². The van der Waals surface area contributed by atoms with E-state index in [0.717, 1.165) is 0 Å². The van der Waals surface area contributed by atoms with Gasteiger partial charge in [-0.25, -0.2) is 19.2 Å². The van der Waals surface area contributed by atoms with Gasteiger partial charge in [-0.3, -0.25) is 24.7 Å². The highest BCUT2D eigenvalue weighted by Crippen LogP contribution is 2.38. The minimum Gasteiger partial charge on any atom is -0.452 e. The van der Waals surface area contributed by atoms with E-state index < -0.39 is 35.1 Å². The molecule has 0 aliphatic carbocycles. The molecule has 7 rings (SSSR count). The van der Waals surface area contributed by atoms with Crippen LogP contribution in [-0.2, 0) is 0 Å². The second-order valence-electron chi connectivity index (χ2n) is 10.9. The number of nitrogens with zero attached hydrogens (tertiary/aromatic N) is 4. The number of esters is 4. The average Bonchev–Trinajstić information content (AvgIpc) is 3.20. The third-order valence-electron chi connectivity index (χ3n) is 7.43. The fourth-order valence-corrected chi connectivity index (χ4v) is 4.89. The Morgan fingerprint density at radius 1 is 0.509 bits per heavy atom. The van der Waals surface area contributed by atoms with Crippen LogP contribution in [0.1, 0.15) is 41.4 Å². The van der Waals surface area contributed by atoms with Crippen molar-refractivity contribution < 1.29 is 42.5 Å². The Balaban J connectivity index is 1.34. The molecule has 0 atom stereocenters. The van der Waals surface area contributed by atoms with Gasteiger partial charge >= 0.3 is 23.9 Å². The summed E-state index contributed by atoms with van der Waals surface area (Å²) in [6.07, 6.45) is 11.1. The van der Waals surface area contributed by atoms with E-state index in [1.807, 2.05) is 0 Å². The normalized spacial score (nSPS) is 10.6. The van der Waals surface area contributed by atoms with E-state index in [9.17, 15) is 24.0 Å². The molecule has 5 heterocycles. The molecule has 0 saturated heterocycles. The summed E-state index contributed by atoms with van der Waals surface area (Å²) in [5, 5.41) is -0.0193. The predicted molar refractivity (Wildman–Crippen MR) is 185 cm³/mol. The van der Waals surface area contributed by atoms with Crippen LogP contribution in [0.2, 0.25) is 0 Å². The number of pyridine rings is 4. The fraction of sp³-hybridized carbons (Fsp3) is 0. The molecule has 0 bridgehead atoms. The maximum absolute atomic E-state index is 14.0. The molecule has 0 saturated carbocycles. The number of ether oxygens (including phenoxy) is 4. The highest BCUT2D eigenvalue weighted by atomic mass is 16.6. The summed E-state index contributed by atoms with van der Waals surface area (Å²) in [5.74, 6) is -4.49. The fourth-order valence-electron chi connectivity index (χ4n) is 4.89. The Morgan fingerprint density at radius 3 is 1.51 bits per heavy atom. The standard InChI is InChI=1S/C39H22N4O10/c44-33-29-11-10-28(49-36(45)24-5-1-13-40-19-24)18-31(29)50-34(35(33)53-39(48)27-8-4-16-43-22-27)23-9-12-30(51-37(46)25-6-2-14-41-20-25)32(17-23)52-38(47)26-7-3-15-42-21-26/h1-22H. The van der Waals surface area contributed by atoms with Gasteiger partial charge < -0.3 is 23.4 Å². The van der Waals surface area contributed by atoms with Crippen molar-refractivity contribution in [1.82, 2.24) is 19.9 Å². The molecule has 2 aromatic carbocycles. The van der Waals surface area contributed by atoms with Gasteiger partial charge in [0.2, 0.25) is 11.2 Å². The van der Waals surface area contributed by atoms with Gasteiger partial charge in [0.25, 0.3) is 0 Å². The topological polar surface area (TPSA) is 187 Å². The first-order chi connectivity index (χ1) is 25.8. The second kappa shape index (κ2) is 14.9. The van der Waals surface area contributed by atoms with E-state index >= 15 is 0 Å². The van der Waals surface area contributed by atoms with E-state index in [2.05, 4.69) is 19.9 Å². The van der Waals surface area contributed by atoms with E-state index in [4.69, 9.17) is 23.4 Å². The lowest BCUT2D eigenvalue weighted by Gasteiger charge is -2.14. The number of fused-ring (bicyclic) bond motifs is 1. The zero-order valence-electron chi connectivity index (χ0n) is 27.1. The van der Waals surface area contributed by atoms with Crippen LogP contribution in [-0.4, -0.2) is 43.8 Å². The molecule has 0 spiro atoms. The summed E-state index contributed by atoms with van der Waals surface area (Å²) < 4.78 is 28.6. The summed E-state index contributed by atoms with van der Waals surface area (Å²) in [7, 11) is 0. The molecule has 0 aliphatic rings. The van der Waals surface area contributed by atoms with Crippen LogP contribution < -0.4 is 24.4 Å². The molecular formula is C39H22N4O10. The van der Waals surface area contributed by atoms with Crippen molar-refractivity contribution in [3.05, 3.63) is 167 Å². The lowest BCUT2D eigenvalue weighted by Crippen LogP contribution is -2.17. The summed E-state index contributed by atoms with van der Waals surface area (Å²) in [5.41, 5.74) is -0.325. The van der Waals surface area contributed by atoms with Gasteiger partial charge in [-0.05, 0) is 78.9 Å². The van der Waals surface area contributed by atoms with Gasteiger partial charge in [-0.2, -0.15) is 0 Å². The number of carbonyl (C=O) groups excluding carboxylic acids is 4. The third kappa shape index (κ3) is 7.51. The molecule has 7 aromatic rings. The Labute approximate surface area is 298 Å². The molecule has 14 heteroatoms. The molecule has 53 heavy (non-hydrogen) atoms. The number of rotatable bonds is 9. The Morgan fingerprint density at radius 2 is 1.00 bits per heavy atom. The highest BCUT2D eigenvalue weighted by molar-refractivity contribution is 5.95. The second-order valence-corrected chi connectivity index (χ2v) is 10.9. The molecule has 5 aromatic heterocycles.